The third kappa shape index (κ3) is 7.13. The van der Waals surface area contributed by atoms with Crippen molar-refractivity contribution in [3.8, 4) is 0 Å². The Labute approximate surface area is 159 Å². The Morgan fingerprint density at radius 1 is 0.889 bits per heavy atom. The monoisotopic (exact) mass is 436 g/mol. The number of methoxy groups -OCH3 is 1. The second-order valence-corrected chi connectivity index (χ2v) is 5.69. The Kier molecular flexibility index (Phi) is 8.27. The highest BCUT2D eigenvalue weighted by molar-refractivity contribution is 6.29. The van der Waals surface area contributed by atoms with Crippen LogP contribution in [0.25, 0.3) is 0 Å². The van der Waals surface area contributed by atoms with Crippen LogP contribution in [-0.2, 0) is 30.3 Å². The molecular formula is C15H12Cl2F6N2O2. The van der Waals surface area contributed by atoms with E-state index in [2.05, 4.69) is 14.7 Å². The molecule has 2 aromatic heterocycles. The molecule has 2 aromatic rings. The van der Waals surface area contributed by atoms with Crippen LogP contribution in [0.3, 0.4) is 0 Å². The molecule has 0 aliphatic carbocycles. The Bertz CT molecular complexity index is 769. The number of halogens is 8. The predicted molar refractivity (Wildman–Crippen MR) is 85.1 cm³/mol. The molecular weight excluding hydrogens is 425 g/mol. The average molecular weight is 437 g/mol. The van der Waals surface area contributed by atoms with Crippen molar-refractivity contribution in [2.45, 2.75) is 25.6 Å². The van der Waals surface area contributed by atoms with Crippen molar-refractivity contribution in [3.05, 3.63) is 57.1 Å². The predicted octanol–water partition coefficient (Wildman–Crippen LogP) is 5.15. The van der Waals surface area contributed by atoms with Crippen molar-refractivity contribution in [2.24, 2.45) is 0 Å². The van der Waals surface area contributed by atoms with Gasteiger partial charge in [0.15, 0.2) is 0 Å². The molecule has 2 rings (SSSR count). The molecule has 27 heavy (non-hydrogen) atoms. The number of alkyl halides is 6. The molecule has 0 bridgehead atoms. The summed E-state index contributed by atoms with van der Waals surface area (Å²) >= 11 is 10.7. The molecule has 0 fully saturated rings. The minimum Gasteiger partial charge on any atom is -0.392 e. The van der Waals surface area contributed by atoms with Gasteiger partial charge in [0, 0.05) is 30.6 Å². The normalized spacial score (nSPS) is 11.8. The summed E-state index contributed by atoms with van der Waals surface area (Å²) in [6.45, 7) is -0.849. The van der Waals surface area contributed by atoms with Crippen LogP contribution in [0.4, 0.5) is 26.3 Å². The highest BCUT2D eigenvalue weighted by atomic mass is 35.5. The quantitative estimate of drug-likeness (QED) is 0.534. The molecule has 1 N–H and O–H groups in total. The fourth-order valence-electron chi connectivity index (χ4n) is 1.84. The first-order chi connectivity index (χ1) is 12.4. The maximum absolute atomic E-state index is 12.4. The van der Waals surface area contributed by atoms with Gasteiger partial charge < -0.3 is 9.84 Å². The number of aliphatic hydroxyl groups excluding tert-OH is 1. The molecule has 12 heteroatoms. The minimum atomic E-state index is -4.51. The molecule has 0 aliphatic rings. The van der Waals surface area contributed by atoms with Crippen molar-refractivity contribution in [3.63, 3.8) is 0 Å². The second kappa shape index (κ2) is 9.54. The number of aromatic nitrogens is 2. The van der Waals surface area contributed by atoms with E-state index in [4.69, 9.17) is 28.3 Å². The van der Waals surface area contributed by atoms with Crippen molar-refractivity contribution in [2.75, 3.05) is 7.11 Å². The number of hydrogen-bond donors (Lipinski definition) is 1. The van der Waals surface area contributed by atoms with E-state index in [1.165, 1.54) is 7.11 Å². The molecule has 0 unspecified atom stereocenters. The smallest absolute Gasteiger partial charge is 0.392 e. The molecule has 4 nitrogen and oxygen atoms in total. The van der Waals surface area contributed by atoms with Gasteiger partial charge >= 0.3 is 12.4 Å². The standard InChI is InChI=1S/C8H7ClF3NO.C7H5ClF3NO/c1-14-4-5-3-13-7(9)2-6(5)8(10,11)12;8-6-1-5(7(9,10)11)4(3-13)2-12-6/h2-3H,4H2,1H3;1-2,13H,3H2. The third-order valence-electron chi connectivity index (χ3n) is 2.99. The maximum atomic E-state index is 12.4. The zero-order chi connectivity index (χ0) is 20.8. The zero-order valence-corrected chi connectivity index (χ0v) is 15.0. The van der Waals surface area contributed by atoms with Gasteiger partial charge in [0.1, 0.15) is 10.3 Å². The van der Waals surface area contributed by atoms with Gasteiger partial charge in [-0.1, -0.05) is 23.2 Å². The first-order valence-corrected chi connectivity index (χ1v) is 7.68. The van der Waals surface area contributed by atoms with Gasteiger partial charge in [0.2, 0.25) is 0 Å². The van der Waals surface area contributed by atoms with Crippen molar-refractivity contribution in [1.82, 2.24) is 9.97 Å². The van der Waals surface area contributed by atoms with E-state index in [0.29, 0.717) is 6.07 Å². The van der Waals surface area contributed by atoms with Gasteiger partial charge in [0.05, 0.1) is 24.3 Å². The molecule has 0 aliphatic heterocycles. The molecule has 2 heterocycles. The fourth-order valence-corrected chi connectivity index (χ4v) is 2.16. The second-order valence-electron chi connectivity index (χ2n) is 4.91. The van der Waals surface area contributed by atoms with Crippen LogP contribution >= 0.6 is 23.2 Å². The largest absolute Gasteiger partial charge is 0.416 e. The number of ether oxygens (including phenoxy) is 1. The summed E-state index contributed by atoms with van der Waals surface area (Å²) in [7, 11) is 1.31. The lowest BCUT2D eigenvalue weighted by Crippen LogP contribution is -2.10. The number of rotatable bonds is 3. The summed E-state index contributed by atoms with van der Waals surface area (Å²) in [5.41, 5.74) is -2.06. The van der Waals surface area contributed by atoms with E-state index in [-0.39, 0.29) is 28.0 Å². The molecule has 150 valence electrons. The number of aliphatic hydroxyl groups is 1. The van der Waals surface area contributed by atoms with Crippen LogP contribution in [0.1, 0.15) is 22.3 Å². The van der Waals surface area contributed by atoms with E-state index in [1.54, 1.807) is 0 Å². The highest BCUT2D eigenvalue weighted by Crippen LogP contribution is 2.34. The minimum absolute atomic E-state index is 0.0237. The molecule has 0 amide bonds. The van der Waals surface area contributed by atoms with Crippen molar-refractivity contribution < 1.29 is 36.2 Å². The van der Waals surface area contributed by atoms with Crippen LogP contribution in [0.15, 0.2) is 24.5 Å². The maximum Gasteiger partial charge on any atom is 0.416 e. The van der Waals surface area contributed by atoms with E-state index < -0.39 is 30.1 Å². The third-order valence-corrected chi connectivity index (χ3v) is 3.40. The van der Waals surface area contributed by atoms with Crippen molar-refractivity contribution >= 4 is 23.2 Å². The van der Waals surface area contributed by atoms with Gasteiger partial charge in [-0.3, -0.25) is 0 Å². The van der Waals surface area contributed by atoms with E-state index >= 15 is 0 Å². The SMILES string of the molecule is COCc1cnc(Cl)cc1C(F)(F)F.OCc1cnc(Cl)cc1C(F)(F)F. The Morgan fingerprint density at radius 2 is 1.30 bits per heavy atom. The van der Waals surface area contributed by atoms with Gasteiger partial charge in [-0.25, -0.2) is 9.97 Å². The Balaban J connectivity index is 0.000000271. The summed E-state index contributed by atoms with van der Waals surface area (Å²) in [5.74, 6) is 0. The van der Waals surface area contributed by atoms with Gasteiger partial charge in [-0.15, -0.1) is 0 Å². The topological polar surface area (TPSA) is 55.2 Å². The average Bonchev–Trinajstić information content (AvgIpc) is 2.55. The molecule has 0 spiro atoms. The summed E-state index contributed by atoms with van der Waals surface area (Å²) in [4.78, 5) is 6.99. The molecule has 0 radical (unpaired) electrons. The lowest BCUT2D eigenvalue weighted by Gasteiger charge is -2.11. The zero-order valence-electron chi connectivity index (χ0n) is 13.5. The van der Waals surface area contributed by atoms with Crippen molar-refractivity contribution in [1.29, 1.82) is 0 Å². The van der Waals surface area contributed by atoms with Crippen LogP contribution in [0, 0.1) is 0 Å². The van der Waals surface area contributed by atoms with E-state index in [1.807, 2.05) is 0 Å². The van der Waals surface area contributed by atoms with Crippen LogP contribution in [0.2, 0.25) is 10.3 Å². The number of hydrogen-bond acceptors (Lipinski definition) is 4. The van der Waals surface area contributed by atoms with E-state index in [9.17, 15) is 26.3 Å². The summed E-state index contributed by atoms with van der Waals surface area (Å²) in [5, 5.41) is 8.16. The number of pyridine rings is 2. The van der Waals surface area contributed by atoms with Gasteiger partial charge in [-0.2, -0.15) is 26.3 Å². The molecule has 0 aromatic carbocycles. The summed E-state index contributed by atoms with van der Waals surface area (Å²) in [6.07, 6.45) is -6.97. The van der Waals surface area contributed by atoms with E-state index in [0.717, 1.165) is 18.5 Å². The summed E-state index contributed by atoms with van der Waals surface area (Å²) in [6, 6.07) is 1.48. The Hall–Kier alpha value is -1.62. The van der Waals surface area contributed by atoms with Gasteiger partial charge in [0.25, 0.3) is 0 Å². The highest BCUT2D eigenvalue weighted by Gasteiger charge is 2.34. The molecule has 0 saturated heterocycles. The first-order valence-electron chi connectivity index (χ1n) is 6.93. The fraction of sp³-hybridized carbons (Fsp3) is 0.333. The lowest BCUT2D eigenvalue weighted by atomic mass is 10.1. The first kappa shape index (κ1) is 23.4. The molecule has 0 saturated carbocycles. The number of nitrogens with zero attached hydrogens (tertiary/aromatic N) is 2. The molecule has 0 atom stereocenters. The Morgan fingerprint density at radius 3 is 1.67 bits per heavy atom. The lowest BCUT2D eigenvalue weighted by molar-refractivity contribution is -0.139. The summed E-state index contributed by atoms with van der Waals surface area (Å²) < 4.78 is 78.5. The van der Waals surface area contributed by atoms with Crippen LogP contribution in [0.5, 0.6) is 0 Å². The van der Waals surface area contributed by atoms with Gasteiger partial charge in [-0.05, 0) is 12.1 Å². The van der Waals surface area contributed by atoms with Crippen LogP contribution < -0.4 is 0 Å². The van der Waals surface area contributed by atoms with Crippen LogP contribution in [-0.4, -0.2) is 22.2 Å².